The van der Waals surface area contributed by atoms with Crippen LogP contribution in [0.1, 0.15) is 11.3 Å². The fourth-order valence-corrected chi connectivity index (χ4v) is 3.45. The number of aromatic nitrogens is 3. The van der Waals surface area contributed by atoms with Crippen molar-refractivity contribution in [1.82, 2.24) is 14.8 Å². The number of benzene rings is 2. The van der Waals surface area contributed by atoms with Crippen LogP contribution in [0.15, 0.2) is 54.2 Å². The minimum absolute atomic E-state index is 0.0850. The first-order valence-corrected chi connectivity index (χ1v) is 9.33. The first kappa shape index (κ1) is 18.2. The van der Waals surface area contributed by atoms with E-state index < -0.39 is 17.5 Å². The number of rotatable bonds is 5. The summed E-state index contributed by atoms with van der Waals surface area (Å²) in [4.78, 5) is 4.19. The Morgan fingerprint density at radius 1 is 1.04 bits per heavy atom. The highest BCUT2D eigenvalue weighted by molar-refractivity contribution is 7.12. The lowest BCUT2D eigenvalue weighted by molar-refractivity contribution is 0.560. The van der Waals surface area contributed by atoms with Crippen molar-refractivity contribution >= 4 is 17.0 Å². The lowest BCUT2D eigenvalue weighted by Crippen LogP contribution is -2.04. The molecule has 4 rings (SSSR count). The first-order valence-electron chi connectivity index (χ1n) is 8.46. The summed E-state index contributed by atoms with van der Waals surface area (Å²) in [5.41, 5.74) is 2.05. The van der Waals surface area contributed by atoms with Crippen LogP contribution in [-0.2, 0) is 6.54 Å². The third-order valence-electron chi connectivity index (χ3n) is 4.30. The van der Waals surface area contributed by atoms with E-state index in [4.69, 9.17) is 0 Å². The van der Waals surface area contributed by atoms with Crippen LogP contribution >= 0.6 is 11.3 Å². The van der Waals surface area contributed by atoms with E-state index in [1.54, 1.807) is 36.1 Å². The number of hydrogen-bond donors (Lipinski definition) is 1. The fraction of sp³-hybridized carbons (Fsp3) is 0.100. The van der Waals surface area contributed by atoms with E-state index in [1.807, 2.05) is 5.38 Å². The monoisotopic (exact) mass is 400 g/mol. The zero-order valence-electron chi connectivity index (χ0n) is 14.8. The summed E-state index contributed by atoms with van der Waals surface area (Å²) in [6.07, 6.45) is 3.41. The Morgan fingerprint density at radius 2 is 1.82 bits per heavy atom. The van der Waals surface area contributed by atoms with Gasteiger partial charge in [-0.25, -0.2) is 22.8 Å². The van der Waals surface area contributed by atoms with Gasteiger partial charge in [-0.05, 0) is 37.3 Å². The van der Waals surface area contributed by atoms with Crippen LogP contribution in [-0.4, -0.2) is 14.8 Å². The van der Waals surface area contributed by atoms with Gasteiger partial charge < -0.3 is 5.32 Å². The van der Waals surface area contributed by atoms with Crippen LogP contribution < -0.4 is 5.32 Å². The molecule has 0 radical (unpaired) electrons. The number of thiazole rings is 1. The molecular weight excluding hydrogens is 385 g/mol. The zero-order chi connectivity index (χ0) is 19.7. The molecule has 0 aliphatic carbocycles. The highest BCUT2D eigenvalue weighted by Crippen LogP contribution is 2.29. The van der Waals surface area contributed by atoms with Gasteiger partial charge in [0.15, 0.2) is 0 Å². The van der Waals surface area contributed by atoms with E-state index >= 15 is 0 Å². The van der Waals surface area contributed by atoms with E-state index in [0.29, 0.717) is 27.6 Å². The molecule has 4 nitrogen and oxygen atoms in total. The van der Waals surface area contributed by atoms with Gasteiger partial charge in [-0.2, -0.15) is 5.10 Å². The van der Waals surface area contributed by atoms with Gasteiger partial charge in [0.05, 0.1) is 5.69 Å². The van der Waals surface area contributed by atoms with Gasteiger partial charge in [0, 0.05) is 46.7 Å². The van der Waals surface area contributed by atoms with Crippen molar-refractivity contribution in [3.63, 3.8) is 0 Å². The van der Waals surface area contributed by atoms with Gasteiger partial charge in [-0.3, -0.25) is 0 Å². The second kappa shape index (κ2) is 7.47. The summed E-state index contributed by atoms with van der Waals surface area (Å²) >= 11 is 1.43. The van der Waals surface area contributed by atoms with Crippen molar-refractivity contribution in [1.29, 1.82) is 0 Å². The van der Waals surface area contributed by atoms with Gasteiger partial charge in [0.1, 0.15) is 17.5 Å². The highest BCUT2D eigenvalue weighted by Gasteiger charge is 2.14. The van der Waals surface area contributed by atoms with Crippen LogP contribution in [0.2, 0.25) is 0 Å². The summed E-state index contributed by atoms with van der Waals surface area (Å²) in [6, 6.07) is 8.26. The number of hydrogen-bond acceptors (Lipinski definition) is 4. The first-order chi connectivity index (χ1) is 13.5. The minimum atomic E-state index is -0.644. The van der Waals surface area contributed by atoms with Crippen molar-refractivity contribution in [3.8, 4) is 16.3 Å². The largest absolute Gasteiger partial charge is 0.381 e. The SMILES string of the molecule is Cc1nn(-c2nccs2)cc1-c1ccc(NCc2c(F)cccc2F)cc1F. The maximum atomic E-state index is 14.7. The molecule has 0 atom stereocenters. The molecular formula is C20H15F3N4S. The maximum absolute atomic E-state index is 14.7. The van der Waals surface area contributed by atoms with Crippen molar-refractivity contribution in [2.75, 3.05) is 5.32 Å². The third-order valence-corrected chi connectivity index (χ3v) is 5.07. The average molecular weight is 400 g/mol. The molecule has 2 aromatic carbocycles. The van der Waals surface area contributed by atoms with Crippen molar-refractivity contribution in [2.24, 2.45) is 0 Å². The Balaban J connectivity index is 1.57. The van der Waals surface area contributed by atoms with Gasteiger partial charge >= 0.3 is 0 Å². The predicted molar refractivity (Wildman–Crippen MR) is 103 cm³/mol. The Hall–Kier alpha value is -3.13. The average Bonchev–Trinajstić information content (AvgIpc) is 3.31. The summed E-state index contributed by atoms with van der Waals surface area (Å²) in [5.74, 6) is -1.74. The highest BCUT2D eigenvalue weighted by atomic mass is 32.1. The number of halogens is 3. The second-order valence-corrected chi connectivity index (χ2v) is 7.01. The van der Waals surface area contributed by atoms with Crippen LogP contribution in [0.5, 0.6) is 0 Å². The lowest BCUT2D eigenvalue weighted by atomic mass is 10.1. The zero-order valence-corrected chi connectivity index (χ0v) is 15.6. The molecule has 2 aromatic heterocycles. The second-order valence-electron chi connectivity index (χ2n) is 6.14. The normalized spacial score (nSPS) is 11.0. The summed E-state index contributed by atoms with van der Waals surface area (Å²) in [5, 5.41) is 9.78. The summed E-state index contributed by atoms with van der Waals surface area (Å²) in [6.45, 7) is 1.71. The smallest absolute Gasteiger partial charge is 0.210 e. The molecule has 0 aliphatic heterocycles. The molecule has 0 saturated heterocycles. The molecule has 1 N–H and O–H groups in total. The maximum Gasteiger partial charge on any atom is 0.210 e. The predicted octanol–water partition coefficient (Wildman–Crippen LogP) is 5.33. The van der Waals surface area contributed by atoms with Crippen molar-refractivity contribution in [2.45, 2.75) is 13.5 Å². The van der Waals surface area contributed by atoms with Gasteiger partial charge in [-0.15, -0.1) is 11.3 Å². The van der Waals surface area contributed by atoms with Crippen LogP contribution in [0, 0.1) is 24.4 Å². The molecule has 0 bridgehead atoms. The molecule has 28 heavy (non-hydrogen) atoms. The number of anilines is 1. The molecule has 0 saturated carbocycles. The van der Waals surface area contributed by atoms with Gasteiger partial charge in [-0.1, -0.05) is 6.07 Å². The molecule has 2 heterocycles. The third kappa shape index (κ3) is 3.50. The molecule has 0 fully saturated rings. The van der Waals surface area contributed by atoms with E-state index in [9.17, 15) is 13.2 Å². The lowest BCUT2D eigenvalue weighted by Gasteiger charge is -2.10. The van der Waals surface area contributed by atoms with E-state index in [1.165, 1.54) is 35.6 Å². The summed E-state index contributed by atoms with van der Waals surface area (Å²) in [7, 11) is 0. The quantitative estimate of drug-likeness (QED) is 0.492. The molecule has 0 unspecified atom stereocenters. The summed E-state index contributed by atoms with van der Waals surface area (Å²) < 4.78 is 43.8. The number of aryl methyl sites for hydroxylation is 1. The van der Waals surface area contributed by atoms with Crippen LogP contribution in [0.25, 0.3) is 16.3 Å². The minimum Gasteiger partial charge on any atom is -0.381 e. The molecule has 0 amide bonds. The molecule has 0 aliphatic rings. The Labute approximate surface area is 163 Å². The Kier molecular flexibility index (Phi) is 4.87. The van der Waals surface area contributed by atoms with Crippen LogP contribution in [0.4, 0.5) is 18.9 Å². The van der Waals surface area contributed by atoms with E-state index in [-0.39, 0.29) is 12.1 Å². The topological polar surface area (TPSA) is 42.7 Å². The number of nitrogens with one attached hydrogen (secondary N) is 1. The Bertz CT molecular complexity index is 1100. The molecule has 8 heteroatoms. The van der Waals surface area contributed by atoms with Gasteiger partial charge in [0.2, 0.25) is 5.13 Å². The Morgan fingerprint density at radius 3 is 2.50 bits per heavy atom. The van der Waals surface area contributed by atoms with Crippen molar-refractivity contribution < 1.29 is 13.2 Å². The van der Waals surface area contributed by atoms with Crippen LogP contribution in [0.3, 0.4) is 0 Å². The molecule has 0 spiro atoms. The standard InChI is InChI=1S/C20H15F3N4S/c1-12-16(11-27(26-12)20-24-7-8-28-20)14-6-5-13(9-19(14)23)25-10-15-17(21)3-2-4-18(15)22/h2-9,11,25H,10H2,1H3. The fourth-order valence-electron chi connectivity index (χ4n) is 2.89. The number of nitrogens with zero attached hydrogens (tertiary/aromatic N) is 3. The van der Waals surface area contributed by atoms with E-state index in [0.717, 1.165) is 0 Å². The van der Waals surface area contributed by atoms with Crippen molar-refractivity contribution in [3.05, 3.63) is 82.9 Å². The molecule has 142 valence electrons. The molecule has 4 aromatic rings. The van der Waals surface area contributed by atoms with E-state index in [2.05, 4.69) is 15.4 Å². The van der Waals surface area contributed by atoms with Gasteiger partial charge in [0.25, 0.3) is 0 Å².